The van der Waals surface area contributed by atoms with Crippen molar-refractivity contribution in [1.29, 1.82) is 0 Å². The Hall–Kier alpha value is -1.61. The zero-order chi connectivity index (χ0) is 52.9. The van der Waals surface area contributed by atoms with Crippen LogP contribution in [0.3, 0.4) is 0 Å². The third-order valence-corrected chi connectivity index (χ3v) is 20.3. The molecule has 0 aromatic rings. The summed E-state index contributed by atoms with van der Waals surface area (Å²) in [5.41, 5.74) is 0.541. The quantitative estimate of drug-likeness (QED) is 0.0790. The lowest BCUT2D eigenvalue weighted by Crippen LogP contribution is -2.55. The zero-order valence-electron chi connectivity index (χ0n) is 44.9. The fourth-order valence-corrected chi connectivity index (χ4v) is 13.9. The molecule has 0 bridgehead atoms. The van der Waals surface area contributed by atoms with Gasteiger partial charge in [0, 0.05) is 20.7 Å². The highest BCUT2D eigenvalue weighted by Crippen LogP contribution is 2.28. The van der Waals surface area contributed by atoms with Crippen LogP contribution in [0, 0.1) is 17.8 Å². The molecule has 0 aromatic carbocycles. The van der Waals surface area contributed by atoms with Crippen molar-refractivity contribution >= 4 is 63.3 Å². The molecule has 10 nitrogen and oxygen atoms in total. The molecule has 378 valence electrons. The van der Waals surface area contributed by atoms with Crippen LogP contribution in [0.4, 0.5) is 0 Å². The standard InChI is InChI=1S/C12H28O6Si3.C9H22OSi.3C6H14.3C2H4.2CH2O.H2OSi/c1-7-12(17-20(3,4)5)21(6,18-19(2)16)9-10(13)8-11(14)15;1-6-9(10)7-8(2)11(3,4)5;3*1-4-6(3)5-2;6*1-2/h10,12-13H,7-9H2,1-6H3,(H,14,15);8-10H,6-7H2,1-5H3;3*6H,4-5H2,1-3H3;3*1-2H2;2*1H2;2H2. The summed E-state index contributed by atoms with van der Waals surface area (Å²) in [5.74, 6) is 1.75. The molecule has 0 amide bonds. The van der Waals surface area contributed by atoms with E-state index >= 15 is 0 Å². The fourth-order valence-electron chi connectivity index (χ4n) is 4.17. The molecule has 0 aromatic heterocycles. The van der Waals surface area contributed by atoms with Gasteiger partial charge in [0.05, 0.1) is 24.4 Å². The maximum atomic E-state index is 11.6. The number of carboxylic acids is 1. The molecule has 0 heterocycles. The van der Waals surface area contributed by atoms with Crippen molar-refractivity contribution in [2.24, 2.45) is 17.8 Å². The number of aliphatic carboxylic acids is 1. The Labute approximate surface area is 395 Å². The van der Waals surface area contributed by atoms with Crippen molar-refractivity contribution in [3.8, 4) is 0 Å². The Morgan fingerprint density at radius 3 is 1.05 bits per heavy atom. The van der Waals surface area contributed by atoms with Crippen molar-refractivity contribution in [2.75, 3.05) is 0 Å². The second-order valence-electron chi connectivity index (χ2n) is 16.8. The summed E-state index contributed by atoms with van der Waals surface area (Å²) in [4.78, 5) is 26.7. The average Bonchev–Trinajstić information content (AvgIpc) is 3.25. The molecule has 62 heavy (non-hydrogen) atoms. The minimum Gasteiger partial charge on any atom is -0.577 e. The molecule has 0 saturated carbocycles. The minimum atomic E-state index is -2.65. The summed E-state index contributed by atoms with van der Waals surface area (Å²) in [6, 6.07) is 0.215. The first-order chi connectivity index (χ1) is 28.7. The third kappa shape index (κ3) is 78.8. The van der Waals surface area contributed by atoms with Crippen LogP contribution in [-0.4, -0.2) is 96.6 Å². The van der Waals surface area contributed by atoms with Crippen LogP contribution in [0.25, 0.3) is 0 Å². The number of carbonyl (C=O) groups excluding carboxylic acids is 2. The molecule has 15 heteroatoms. The second kappa shape index (κ2) is 63.7. The smallest absolute Gasteiger partial charge is 0.484 e. The maximum absolute atomic E-state index is 11.6. The molecule has 0 rings (SSSR count). The van der Waals surface area contributed by atoms with Gasteiger partial charge in [-0.05, 0) is 68.7 Å². The molecule has 5 atom stereocenters. The summed E-state index contributed by atoms with van der Waals surface area (Å²) < 4.78 is 31.8. The molecule has 5 unspecified atom stereocenters. The molecule has 0 fully saturated rings. The predicted octanol–water partition coefficient (Wildman–Crippen LogP) is 13.3. The van der Waals surface area contributed by atoms with E-state index in [9.17, 15) is 19.5 Å². The van der Waals surface area contributed by atoms with Crippen LogP contribution in [0.15, 0.2) is 39.5 Å². The Bertz CT molecular complexity index is 843. The van der Waals surface area contributed by atoms with Gasteiger partial charge in [0.25, 0.3) is 8.32 Å². The summed E-state index contributed by atoms with van der Waals surface area (Å²) in [6.07, 6.45) is 9.16. The Kier molecular flexibility index (Phi) is 89.7. The number of hydrogen-bond acceptors (Lipinski definition) is 9. The molecule has 0 radical (unpaired) electrons. The van der Waals surface area contributed by atoms with Gasteiger partial charge in [-0.2, -0.15) is 0 Å². The fraction of sp³-hybridized carbons (Fsp3) is 0.809. The Balaban J connectivity index is -0.0000000596. The topological polar surface area (TPSA) is 164 Å². The van der Waals surface area contributed by atoms with E-state index in [2.05, 4.69) is 148 Å². The molecule has 0 saturated heterocycles. The Morgan fingerprint density at radius 2 is 0.887 bits per heavy atom. The molecule has 3 N–H and O–H groups in total. The van der Waals surface area contributed by atoms with Gasteiger partial charge in [-0.1, -0.05) is 141 Å². The summed E-state index contributed by atoms with van der Waals surface area (Å²) >= 11 is 0. The van der Waals surface area contributed by atoms with Gasteiger partial charge in [-0.3, -0.25) is 4.79 Å². The predicted molar refractivity (Wildman–Crippen MR) is 287 cm³/mol. The first kappa shape index (κ1) is 87.3. The lowest BCUT2D eigenvalue weighted by molar-refractivity contribution is -0.138. The van der Waals surface area contributed by atoms with E-state index in [4.69, 9.17) is 27.7 Å². The minimum absolute atomic E-state index is 0.0725. The van der Waals surface area contributed by atoms with Gasteiger partial charge >= 0.3 is 14.9 Å². The van der Waals surface area contributed by atoms with E-state index < -0.39 is 45.7 Å². The third-order valence-electron chi connectivity index (χ3n) is 9.73. The van der Waals surface area contributed by atoms with Gasteiger partial charge in [0.2, 0.25) is 10.1 Å². The maximum Gasteiger partial charge on any atom is 0.484 e. The monoisotopic (exact) mass is 975 g/mol. The van der Waals surface area contributed by atoms with E-state index in [1.807, 2.05) is 34.0 Å². The first-order valence-corrected chi connectivity index (χ1v) is 34.6. The van der Waals surface area contributed by atoms with E-state index in [1.165, 1.54) is 45.1 Å². The van der Waals surface area contributed by atoms with Gasteiger partial charge in [0.15, 0.2) is 8.32 Å². The second-order valence-corrected chi connectivity index (χ2v) is 32.5. The highest BCUT2D eigenvalue weighted by Gasteiger charge is 2.44. The molecule has 0 spiro atoms. The molecular formula is C47H110O10Si5. The largest absolute Gasteiger partial charge is 0.577 e. The molecular weight excluding hydrogens is 865 g/mol. The van der Waals surface area contributed by atoms with Crippen LogP contribution < -0.4 is 0 Å². The van der Waals surface area contributed by atoms with E-state index in [1.54, 1.807) is 0 Å². The lowest BCUT2D eigenvalue weighted by Gasteiger charge is -2.39. The number of carboxylic acid groups (broad SMARTS) is 1. The van der Waals surface area contributed by atoms with Crippen LogP contribution in [-0.2, 0) is 31.8 Å². The zero-order valence-corrected chi connectivity index (χ0v) is 50.3. The number of aliphatic hydroxyl groups is 2. The highest BCUT2D eigenvalue weighted by atomic mass is 28.4. The van der Waals surface area contributed by atoms with Gasteiger partial charge < -0.3 is 42.4 Å². The van der Waals surface area contributed by atoms with Crippen LogP contribution >= 0.6 is 0 Å². The average molecular weight is 976 g/mol. The van der Waals surface area contributed by atoms with Crippen molar-refractivity contribution < 1.29 is 47.2 Å². The number of aliphatic hydroxyl groups excluding tert-OH is 2. The summed E-state index contributed by atoms with van der Waals surface area (Å²) in [7, 11) is -7.04. The number of hydrogen-bond donors (Lipinski definition) is 3. The Morgan fingerprint density at radius 1 is 0.597 bits per heavy atom. The molecule has 0 aliphatic heterocycles. The van der Waals surface area contributed by atoms with E-state index in [-0.39, 0.29) is 24.3 Å². The molecule has 0 aliphatic carbocycles. The number of rotatable bonds is 20. The SMILES string of the molecule is C=C.C=C.C=C.C=O.C=O.CCC(C)CC.CCC(C)CC.CCC(C)CC.CCC(O)CC(C)[Si](C)(C)C.CCC(O[Si](C)(C)C)[Si](C)(CC(O)CC(=O)O)O[Si](C)=O.O=[SiH2]. The normalized spacial score (nSPS) is 12.5. The van der Waals surface area contributed by atoms with E-state index in [0.717, 1.165) is 36.1 Å². The van der Waals surface area contributed by atoms with Crippen LogP contribution in [0.5, 0.6) is 0 Å². The highest BCUT2D eigenvalue weighted by molar-refractivity contribution is 6.79. The van der Waals surface area contributed by atoms with Gasteiger partial charge in [-0.25, -0.2) is 0 Å². The molecule has 0 aliphatic rings. The van der Waals surface area contributed by atoms with Gasteiger partial charge in [0.1, 0.15) is 13.6 Å². The summed E-state index contributed by atoms with van der Waals surface area (Å²) in [5, 5.41) is 28.1. The van der Waals surface area contributed by atoms with Gasteiger partial charge in [-0.15, -0.1) is 39.5 Å². The van der Waals surface area contributed by atoms with Crippen molar-refractivity contribution in [3.05, 3.63) is 39.5 Å². The number of carbonyl (C=O) groups is 3. The summed E-state index contributed by atoms with van der Waals surface area (Å²) in [6.45, 7) is 65.2. The first-order valence-electron chi connectivity index (χ1n) is 22.5. The van der Waals surface area contributed by atoms with Crippen molar-refractivity contribution in [1.82, 2.24) is 0 Å². The van der Waals surface area contributed by atoms with Crippen molar-refractivity contribution in [3.63, 3.8) is 0 Å². The van der Waals surface area contributed by atoms with E-state index in [0.29, 0.717) is 16.5 Å². The van der Waals surface area contributed by atoms with Crippen molar-refractivity contribution in [2.45, 2.75) is 229 Å². The van der Waals surface area contributed by atoms with Crippen LogP contribution in [0.2, 0.25) is 64.0 Å². The van der Waals surface area contributed by atoms with Crippen LogP contribution in [0.1, 0.15) is 147 Å². The lowest BCUT2D eigenvalue weighted by atomic mass is 10.1.